The lowest BCUT2D eigenvalue weighted by atomic mass is 10.0. The van der Waals surface area contributed by atoms with Gasteiger partial charge in [0, 0.05) is 25.1 Å². The summed E-state index contributed by atoms with van der Waals surface area (Å²) in [7, 11) is 1.95. The second-order valence-electron chi connectivity index (χ2n) is 7.19. The molecule has 0 aliphatic carbocycles. The van der Waals surface area contributed by atoms with Crippen molar-refractivity contribution < 1.29 is 14.4 Å². The van der Waals surface area contributed by atoms with E-state index in [1.165, 1.54) is 0 Å². The molecule has 7 nitrogen and oxygen atoms in total. The summed E-state index contributed by atoms with van der Waals surface area (Å²) >= 11 is 0. The molecule has 1 saturated heterocycles. The van der Waals surface area contributed by atoms with Gasteiger partial charge in [-0.1, -0.05) is 19.1 Å². The molecular formula is C19H26N4O3. The highest BCUT2D eigenvalue weighted by Gasteiger charge is 2.38. The maximum Gasteiger partial charge on any atom is 0.255 e. The summed E-state index contributed by atoms with van der Waals surface area (Å²) in [5.41, 5.74) is 2.72. The molecule has 2 atom stereocenters. The third kappa shape index (κ3) is 3.94. The zero-order valence-electron chi connectivity index (χ0n) is 15.3. The predicted molar refractivity (Wildman–Crippen MR) is 97.3 cm³/mol. The first-order chi connectivity index (χ1) is 12.5. The van der Waals surface area contributed by atoms with E-state index in [2.05, 4.69) is 22.9 Å². The van der Waals surface area contributed by atoms with Gasteiger partial charge < -0.3 is 15.5 Å². The molecule has 3 amide bonds. The Bertz CT molecular complexity index is 719. The highest BCUT2D eigenvalue weighted by molar-refractivity contribution is 6.05. The Morgan fingerprint density at radius 2 is 2.08 bits per heavy atom. The van der Waals surface area contributed by atoms with Gasteiger partial charge in [0.15, 0.2) is 0 Å². The first kappa shape index (κ1) is 18.5. The number of imide groups is 1. The van der Waals surface area contributed by atoms with Gasteiger partial charge in [-0.25, -0.2) is 0 Å². The molecule has 3 N–H and O–H groups in total. The molecule has 2 aliphatic heterocycles. The number of fused-ring (bicyclic) bond motifs is 1. The van der Waals surface area contributed by atoms with Crippen LogP contribution in [-0.2, 0) is 22.7 Å². The summed E-state index contributed by atoms with van der Waals surface area (Å²) in [6, 6.07) is 5.28. The van der Waals surface area contributed by atoms with E-state index in [1.54, 1.807) is 4.90 Å². The van der Waals surface area contributed by atoms with E-state index in [0.29, 0.717) is 24.4 Å². The maximum absolute atomic E-state index is 12.6. The number of hydrogen-bond donors (Lipinski definition) is 3. The summed E-state index contributed by atoms with van der Waals surface area (Å²) in [5, 5.41) is 8.92. The number of carbonyl (C=O) groups is 3. The summed E-state index contributed by atoms with van der Waals surface area (Å²) in [6.07, 6.45) is 0.665. The molecule has 3 rings (SSSR count). The van der Waals surface area contributed by atoms with Gasteiger partial charge in [-0.2, -0.15) is 0 Å². The minimum absolute atomic E-state index is 0.128. The fourth-order valence-corrected chi connectivity index (χ4v) is 3.62. The molecule has 2 heterocycles. The highest BCUT2D eigenvalue weighted by Crippen LogP contribution is 2.28. The van der Waals surface area contributed by atoms with Crippen LogP contribution in [0.25, 0.3) is 0 Å². The molecule has 0 aromatic heterocycles. The number of amides is 3. The molecule has 26 heavy (non-hydrogen) atoms. The molecule has 2 unspecified atom stereocenters. The van der Waals surface area contributed by atoms with Crippen LogP contribution in [0.15, 0.2) is 18.2 Å². The van der Waals surface area contributed by atoms with Gasteiger partial charge in [0.2, 0.25) is 11.8 Å². The molecule has 140 valence electrons. The number of rotatable bonds is 7. The molecule has 0 spiro atoms. The van der Waals surface area contributed by atoms with E-state index in [0.717, 1.165) is 30.8 Å². The summed E-state index contributed by atoms with van der Waals surface area (Å²) in [6.45, 7) is 5.23. The zero-order chi connectivity index (χ0) is 18.7. The van der Waals surface area contributed by atoms with Crippen molar-refractivity contribution in [2.75, 3.05) is 20.1 Å². The largest absolute Gasteiger partial charge is 0.322 e. The van der Waals surface area contributed by atoms with Crippen molar-refractivity contribution in [1.29, 1.82) is 0 Å². The van der Waals surface area contributed by atoms with E-state index in [4.69, 9.17) is 0 Å². The number of nitrogens with zero attached hydrogens (tertiary/aromatic N) is 1. The van der Waals surface area contributed by atoms with Crippen LogP contribution in [0.1, 0.15) is 41.3 Å². The van der Waals surface area contributed by atoms with E-state index in [1.807, 2.05) is 25.2 Å². The molecule has 0 radical (unpaired) electrons. The molecule has 2 aliphatic rings. The normalized spacial score (nSPS) is 20.9. The van der Waals surface area contributed by atoms with E-state index in [9.17, 15) is 14.4 Å². The van der Waals surface area contributed by atoms with Gasteiger partial charge in [0.25, 0.3) is 5.91 Å². The average Bonchev–Trinajstić information content (AvgIpc) is 2.91. The van der Waals surface area contributed by atoms with Crippen molar-refractivity contribution in [2.45, 2.75) is 38.9 Å². The van der Waals surface area contributed by atoms with Crippen LogP contribution in [0.2, 0.25) is 0 Å². The van der Waals surface area contributed by atoms with Crippen LogP contribution in [0.3, 0.4) is 0 Å². The van der Waals surface area contributed by atoms with Crippen molar-refractivity contribution in [2.24, 2.45) is 5.92 Å². The minimum Gasteiger partial charge on any atom is -0.322 e. The Labute approximate surface area is 153 Å². The smallest absolute Gasteiger partial charge is 0.255 e. The Morgan fingerprint density at radius 3 is 2.81 bits per heavy atom. The van der Waals surface area contributed by atoms with Crippen LogP contribution >= 0.6 is 0 Å². The fraction of sp³-hybridized carbons (Fsp3) is 0.526. The monoisotopic (exact) mass is 358 g/mol. The van der Waals surface area contributed by atoms with Crippen molar-refractivity contribution >= 4 is 17.7 Å². The van der Waals surface area contributed by atoms with E-state index < -0.39 is 6.04 Å². The number of nitrogens with one attached hydrogen (secondary N) is 3. The van der Waals surface area contributed by atoms with Gasteiger partial charge in [0.1, 0.15) is 6.04 Å². The van der Waals surface area contributed by atoms with Crippen LogP contribution in [0.5, 0.6) is 0 Å². The van der Waals surface area contributed by atoms with E-state index in [-0.39, 0.29) is 24.1 Å². The quantitative estimate of drug-likeness (QED) is 0.614. The molecule has 1 fully saturated rings. The second kappa shape index (κ2) is 7.97. The zero-order valence-corrected chi connectivity index (χ0v) is 15.3. The van der Waals surface area contributed by atoms with Crippen LogP contribution in [0, 0.1) is 5.92 Å². The van der Waals surface area contributed by atoms with Gasteiger partial charge in [0.05, 0.1) is 0 Å². The van der Waals surface area contributed by atoms with Crippen molar-refractivity contribution in [1.82, 2.24) is 20.9 Å². The minimum atomic E-state index is -0.559. The number of benzene rings is 1. The van der Waals surface area contributed by atoms with Crippen molar-refractivity contribution in [3.8, 4) is 0 Å². The first-order valence-electron chi connectivity index (χ1n) is 9.11. The second-order valence-corrected chi connectivity index (χ2v) is 7.19. The van der Waals surface area contributed by atoms with Gasteiger partial charge in [-0.05, 0) is 49.7 Å². The van der Waals surface area contributed by atoms with Crippen LogP contribution < -0.4 is 16.0 Å². The topological polar surface area (TPSA) is 90.5 Å². The fourth-order valence-electron chi connectivity index (χ4n) is 3.62. The molecule has 0 bridgehead atoms. The Morgan fingerprint density at radius 1 is 1.27 bits per heavy atom. The molecule has 0 saturated carbocycles. The maximum atomic E-state index is 12.6. The number of hydrogen-bond acceptors (Lipinski definition) is 5. The van der Waals surface area contributed by atoms with E-state index >= 15 is 0 Å². The number of carbonyl (C=O) groups excluding carboxylic acids is 3. The lowest BCUT2D eigenvalue weighted by Crippen LogP contribution is -2.52. The molecular weight excluding hydrogens is 332 g/mol. The molecule has 1 aromatic rings. The Hall–Kier alpha value is -2.25. The third-order valence-corrected chi connectivity index (χ3v) is 4.96. The molecule has 7 heteroatoms. The summed E-state index contributed by atoms with van der Waals surface area (Å²) in [5.74, 6) is -0.227. The standard InChI is InChI=1S/C19H26N4O3/c1-12(8-20-2)9-21-10-13-3-4-15-14(7-13)11-23(19(15)26)16-5-6-17(24)22-18(16)25/h3-4,7,12,16,20-21H,5-6,8-11H2,1-2H3,(H,22,24,25). The Kier molecular flexibility index (Phi) is 5.68. The van der Waals surface area contributed by atoms with Gasteiger partial charge >= 0.3 is 0 Å². The highest BCUT2D eigenvalue weighted by atomic mass is 16.2. The Balaban J connectivity index is 1.63. The van der Waals surface area contributed by atoms with Crippen molar-refractivity contribution in [3.63, 3.8) is 0 Å². The van der Waals surface area contributed by atoms with Crippen LogP contribution in [-0.4, -0.2) is 48.8 Å². The van der Waals surface area contributed by atoms with Crippen LogP contribution in [0.4, 0.5) is 0 Å². The summed E-state index contributed by atoms with van der Waals surface area (Å²) in [4.78, 5) is 37.6. The third-order valence-electron chi connectivity index (χ3n) is 4.96. The van der Waals surface area contributed by atoms with Crippen molar-refractivity contribution in [3.05, 3.63) is 34.9 Å². The average molecular weight is 358 g/mol. The predicted octanol–water partition coefficient (Wildman–Crippen LogP) is 0.393. The molecule has 1 aromatic carbocycles. The van der Waals surface area contributed by atoms with Gasteiger partial charge in [-0.15, -0.1) is 0 Å². The lowest BCUT2D eigenvalue weighted by Gasteiger charge is -2.29. The first-order valence-corrected chi connectivity index (χ1v) is 9.11. The lowest BCUT2D eigenvalue weighted by molar-refractivity contribution is -0.136. The van der Waals surface area contributed by atoms with Gasteiger partial charge in [-0.3, -0.25) is 19.7 Å². The SMILES string of the molecule is CNCC(C)CNCc1ccc2c(c1)CN(C1CCC(=O)NC1=O)C2=O. The number of piperidine rings is 1. The summed E-state index contributed by atoms with van der Waals surface area (Å²) < 4.78 is 0.